The van der Waals surface area contributed by atoms with Crippen molar-refractivity contribution >= 4 is 16.0 Å². The monoisotopic (exact) mass is 444 g/mol. The Morgan fingerprint density at radius 2 is 1.83 bits per heavy atom. The predicted molar refractivity (Wildman–Crippen MR) is 107 cm³/mol. The van der Waals surface area contributed by atoms with Gasteiger partial charge in [0.05, 0.1) is 11.4 Å². The second-order valence-corrected chi connectivity index (χ2v) is 7.95. The van der Waals surface area contributed by atoms with E-state index in [9.17, 15) is 21.6 Å². The van der Waals surface area contributed by atoms with Crippen LogP contribution in [0.1, 0.15) is 18.1 Å². The van der Waals surface area contributed by atoms with Crippen molar-refractivity contribution in [3.05, 3.63) is 59.7 Å². The summed E-state index contributed by atoms with van der Waals surface area (Å²) in [6.45, 7) is 2.59. The Hall–Kier alpha value is -2.79. The van der Waals surface area contributed by atoms with Crippen LogP contribution in [0.15, 0.2) is 58.4 Å². The third kappa shape index (κ3) is 7.23. The molecule has 0 unspecified atom stereocenters. The SMILES string of the molecule is CCNC(=NCc1cccc(S(=O)(=O)NC)c1)NCc1ccccc1OC(F)(F)F. The lowest BCUT2D eigenvalue weighted by Gasteiger charge is -2.15. The number of nitrogens with one attached hydrogen (secondary N) is 3. The molecule has 0 radical (unpaired) electrons. The number of ether oxygens (including phenoxy) is 1. The molecule has 164 valence electrons. The average molecular weight is 444 g/mol. The normalized spacial score (nSPS) is 12.5. The zero-order valence-electron chi connectivity index (χ0n) is 16.5. The molecule has 0 saturated heterocycles. The number of nitrogens with zero attached hydrogens (tertiary/aromatic N) is 1. The van der Waals surface area contributed by atoms with Gasteiger partial charge in [0.15, 0.2) is 5.96 Å². The van der Waals surface area contributed by atoms with Crippen molar-refractivity contribution in [3.63, 3.8) is 0 Å². The van der Waals surface area contributed by atoms with Gasteiger partial charge in [0.25, 0.3) is 0 Å². The summed E-state index contributed by atoms with van der Waals surface area (Å²) in [6.07, 6.45) is -4.78. The van der Waals surface area contributed by atoms with Crippen LogP contribution >= 0.6 is 0 Å². The van der Waals surface area contributed by atoms with Crippen molar-refractivity contribution in [1.82, 2.24) is 15.4 Å². The van der Waals surface area contributed by atoms with E-state index in [1.54, 1.807) is 18.2 Å². The smallest absolute Gasteiger partial charge is 0.405 e. The largest absolute Gasteiger partial charge is 0.573 e. The lowest BCUT2D eigenvalue weighted by molar-refractivity contribution is -0.274. The Kier molecular flexibility index (Phi) is 8.07. The minimum Gasteiger partial charge on any atom is -0.405 e. The van der Waals surface area contributed by atoms with Crippen molar-refractivity contribution in [1.29, 1.82) is 0 Å². The number of benzene rings is 2. The van der Waals surface area contributed by atoms with E-state index < -0.39 is 16.4 Å². The predicted octanol–water partition coefficient (Wildman–Crippen LogP) is 2.75. The van der Waals surface area contributed by atoms with Crippen LogP contribution in [0.2, 0.25) is 0 Å². The second-order valence-electron chi connectivity index (χ2n) is 6.06. The number of aliphatic imine (C=N–C) groups is 1. The van der Waals surface area contributed by atoms with E-state index in [4.69, 9.17) is 0 Å². The molecule has 11 heteroatoms. The fourth-order valence-corrected chi connectivity index (χ4v) is 3.29. The molecule has 30 heavy (non-hydrogen) atoms. The number of para-hydroxylation sites is 1. The lowest BCUT2D eigenvalue weighted by Crippen LogP contribution is -2.37. The topological polar surface area (TPSA) is 91.8 Å². The van der Waals surface area contributed by atoms with Crippen molar-refractivity contribution in [2.45, 2.75) is 31.3 Å². The summed E-state index contributed by atoms with van der Waals surface area (Å²) in [5.74, 6) is 0.0690. The van der Waals surface area contributed by atoms with Crippen LogP contribution in [-0.4, -0.2) is 34.3 Å². The standard InChI is InChI=1S/C19H23F3N4O3S/c1-3-24-18(25-12-14-7-6-9-16(11-14)30(27,28)23-2)26-13-15-8-4-5-10-17(15)29-19(20,21)22/h4-11,23H,3,12-13H2,1-2H3,(H2,24,25,26). The van der Waals surface area contributed by atoms with Gasteiger partial charge in [0, 0.05) is 18.7 Å². The Morgan fingerprint density at radius 3 is 2.50 bits per heavy atom. The molecule has 3 N–H and O–H groups in total. The molecular formula is C19H23F3N4O3S. The summed E-state index contributed by atoms with van der Waals surface area (Å²) < 4.78 is 67.8. The summed E-state index contributed by atoms with van der Waals surface area (Å²) in [4.78, 5) is 4.49. The van der Waals surface area contributed by atoms with E-state index in [1.165, 1.54) is 37.4 Å². The van der Waals surface area contributed by atoms with Gasteiger partial charge in [-0.05, 0) is 37.7 Å². The number of alkyl halides is 3. The first-order valence-electron chi connectivity index (χ1n) is 9.03. The number of hydrogen-bond donors (Lipinski definition) is 3. The van der Waals surface area contributed by atoms with E-state index in [-0.39, 0.29) is 23.7 Å². The minimum atomic E-state index is -4.78. The van der Waals surface area contributed by atoms with E-state index in [1.807, 2.05) is 6.92 Å². The maximum atomic E-state index is 12.6. The number of halogens is 3. The minimum absolute atomic E-state index is 0.0479. The van der Waals surface area contributed by atoms with E-state index in [0.29, 0.717) is 23.6 Å². The molecule has 0 atom stereocenters. The van der Waals surface area contributed by atoms with Crippen LogP contribution in [0, 0.1) is 0 Å². The van der Waals surface area contributed by atoms with Gasteiger partial charge in [-0.15, -0.1) is 13.2 Å². The molecule has 2 rings (SSSR count). The molecule has 0 amide bonds. The molecular weight excluding hydrogens is 421 g/mol. The van der Waals surface area contributed by atoms with Gasteiger partial charge in [-0.25, -0.2) is 18.1 Å². The first-order valence-corrected chi connectivity index (χ1v) is 10.5. The highest BCUT2D eigenvalue weighted by molar-refractivity contribution is 7.89. The molecule has 7 nitrogen and oxygen atoms in total. The molecule has 0 fully saturated rings. The maximum absolute atomic E-state index is 12.6. The highest BCUT2D eigenvalue weighted by Crippen LogP contribution is 2.26. The summed E-state index contributed by atoms with van der Waals surface area (Å²) >= 11 is 0. The Balaban J connectivity index is 2.12. The highest BCUT2D eigenvalue weighted by Gasteiger charge is 2.31. The zero-order chi connectivity index (χ0) is 22.2. The maximum Gasteiger partial charge on any atom is 0.573 e. The lowest BCUT2D eigenvalue weighted by atomic mass is 10.2. The van der Waals surface area contributed by atoms with Crippen molar-refractivity contribution < 1.29 is 26.3 Å². The number of hydrogen-bond acceptors (Lipinski definition) is 4. The van der Waals surface area contributed by atoms with E-state index >= 15 is 0 Å². The van der Waals surface area contributed by atoms with Gasteiger partial charge < -0.3 is 15.4 Å². The summed E-state index contributed by atoms with van der Waals surface area (Å²) in [6, 6.07) is 12.1. The first kappa shape index (κ1) is 23.5. The Bertz CT molecular complexity index is 979. The Labute approximate surface area is 173 Å². The molecule has 0 saturated carbocycles. The Morgan fingerprint density at radius 1 is 1.10 bits per heavy atom. The highest BCUT2D eigenvalue weighted by atomic mass is 32.2. The van der Waals surface area contributed by atoms with Gasteiger partial charge in [0.2, 0.25) is 10.0 Å². The van der Waals surface area contributed by atoms with Crippen molar-refractivity contribution in [3.8, 4) is 5.75 Å². The third-order valence-corrected chi connectivity index (χ3v) is 5.30. The summed E-state index contributed by atoms with van der Waals surface area (Å²) in [5.41, 5.74) is 0.965. The van der Waals surface area contributed by atoms with Gasteiger partial charge in [-0.2, -0.15) is 0 Å². The van der Waals surface area contributed by atoms with Gasteiger partial charge in [-0.3, -0.25) is 0 Å². The summed E-state index contributed by atoms with van der Waals surface area (Å²) in [5, 5.41) is 5.94. The van der Waals surface area contributed by atoms with Crippen LogP contribution in [0.5, 0.6) is 5.75 Å². The molecule has 2 aromatic carbocycles. The molecule has 0 aliphatic rings. The van der Waals surface area contributed by atoms with Gasteiger partial charge >= 0.3 is 6.36 Å². The van der Waals surface area contributed by atoms with E-state index in [2.05, 4.69) is 25.1 Å². The fourth-order valence-electron chi connectivity index (χ4n) is 2.49. The van der Waals surface area contributed by atoms with Gasteiger partial charge in [0.1, 0.15) is 5.75 Å². The average Bonchev–Trinajstić information content (AvgIpc) is 2.70. The van der Waals surface area contributed by atoms with Crippen LogP contribution in [0.25, 0.3) is 0 Å². The van der Waals surface area contributed by atoms with Crippen LogP contribution in [0.4, 0.5) is 13.2 Å². The third-order valence-electron chi connectivity index (χ3n) is 3.89. The first-order chi connectivity index (χ1) is 14.1. The number of rotatable bonds is 8. The van der Waals surface area contributed by atoms with E-state index in [0.717, 1.165) is 0 Å². The molecule has 0 heterocycles. The quantitative estimate of drug-likeness (QED) is 0.430. The van der Waals surface area contributed by atoms with Crippen LogP contribution in [-0.2, 0) is 23.1 Å². The van der Waals surface area contributed by atoms with Crippen LogP contribution in [0.3, 0.4) is 0 Å². The zero-order valence-corrected chi connectivity index (χ0v) is 17.3. The second kappa shape index (κ2) is 10.3. The van der Waals surface area contributed by atoms with Gasteiger partial charge in [-0.1, -0.05) is 30.3 Å². The number of guanidine groups is 1. The van der Waals surface area contributed by atoms with Crippen LogP contribution < -0.4 is 20.1 Å². The fraction of sp³-hybridized carbons (Fsp3) is 0.316. The van der Waals surface area contributed by atoms with Crippen molar-refractivity contribution in [2.24, 2.45) is 4.99 Å². The molecule has 0 aliphatic heterocycles. The summed E-state index contributed by atoms with van der Waals surface area (Å²) in [7, 11) is -2.24. The molecule has 0 bridgehead atoms. The molecule has 0 aromatic heterocycles. The molecule has 0 aliphatic carbocycles. The number of sulfonamides is 1. The molecule has 2 aromatic rings. The van der Waals surface area contributed by atoms with Crippen molar-refractivity contribution in [2.75, 3.05) is 13.6 Å². The molecule has 0 spiro atoms.